The largest absolute Gasteiger partial charge is 0.480 e. The van der Waals surface area contributed by atoms with E-state index in [1.54, 1.807) is 18.4 Å². The number of thiophene rings is 1. The van der Waals surface area contributed by atoms with Gasteiger partial charge in [-0.3, -0.25) is 0 Å². The smallest absolute Gasteiger partial charge is 0.234 e. The lowest BCUT2D eigenvalue weighted by molar-refractivity contribution is 0.402. The molecule has 0 fully saturated rings. The summed E-state index contributed by atoms with van der Waals surface area (Å²) in [6.07, 6.45) is 2.87. The quantitative estimate of drug-likeness (QED) is 0.765. The van der Waals surface area contributed by atoms with Crippen molar-refractivity contribution in [3.8, 4) is 5.88 Å². The summed E-state index contributed by atoms with van der Waals surface area (Å²) in [6, 6.07) is 2.00. The Morgan fingerprint density at radius 3 is 2.94 bits per heavy atom. The van der Waals surface area contributed by atoms with Crippen LogP contribution in [0, 0.1) is 0 Å². The van der Waals surface area contributed by atoms with Crippen LogP contribution in [-0.4, -0.2) is 17.1 Å². The van der Waals surface area contributed by atoms with Gasteiger partial charge in [-0.25, -0.2) is 4.98 Å². The summed E-state index contributed by atoms with van der Waals surface area (Å²) < 4.78 is 6.29. The van der Waals surface area contributed by atoms with Crippen molar-refractivity contribution in [3.63, 3.8) is 0 Å². The first-order valence-corrected chi connectivity index (χ1v) is 6.00. The molecule has 0 aliphatic heterocycles. The van der Waals surface area contributed by atoms with Gasteiger partial charge in [-0.1, -0.05) is 11.6 Å². The van der Waals surface area contributed by atoms with Crippen molar-refractivity contribution in [3.05, 3.63) is 28.9 Å². The van der Waals surface area contributed by atoms with E-state index in [0.717, 1.165) is 22.5 Å². The Kier molecular flexibility index (Phi) is 3.19. The molecule has 0 aliphatic rings. The minimum Gasteiger partial charge on any atom is -0.480 e. The molecule has 2 aromatic heterocycles. The zero-order valence-corrected chi connectivity index (χ0v) is 10.5. The molecule has 84 valence electrons. The minimum absolute atomic E-state index is 0.678. The maximum atomic E-state index is 5.27. The van der Waals surface area contributed by atoms with Gasteiger partial charge in [-0.15, -0.1) is 11.3 Å². The Morgan fingerprint density at radius 2 is 2.25 bits per heavy atom. The molecular weight excluding hydrogens is 220 g/mol. The normalized spacial score (nSPS) is 10.4. The fraction of sp³-hybridized carbons (Fsp3) is 0.333. The van der Waals surface area contributed by atoms with Crippen LogP contribution < -0.4 is 4.74 Å². The van der Waals surface area contributed by atoms with Gasteiger partial charge in [0, 0.05) is 6.42 Å². The number of ether oxygens (including phenoxy) is 1. The van der Waals surface area contributed by atoms with Crippen LogP contribution in [0.3, 0.4) is 0 Å². The zero-order valence-electron chi connectivity index (χ0n) is 9.65. The molecule has 0 aromatic carbocycles. The van der Waals surface area contributed by atoms with E-state index >= 15 is 0 Å². The SMILES string of the molecule is COc1nc(CC=C(C)C)nc2ccsc12. The maximum absolute atomic E-state index is 5.27. The standard InChI is InChI=1S/C12H14N2OS/c1-8(2)4-5-10-13-9-6-7-16-11(9)12(14-10)15-3/h4,6-7H,5H2,1-3H3. The molecule has 0 N–H and O–H groups in total. The average molecular weight is 234 g/mol. The third kappa shape index (κ3) is 2.22. The van der Waals surface area contributed by atoms with Crippen LogP contribution in [0.5, 0.6) is 5.88 Å². The predicted molar refractivity (Wildman–Crippen MR) is 67.1 cm³/mol. The van der Waals surface area contributed by atoms with Crippen LogP contribution in [0.4, 0.5) is 0 Å². The molecule has 16 heavy (non-hydrogen) atoms. The van der Waals surface area contributed by atoms with Gasteiger partial charge >= 0.3 is 0 Å². The van der Waals surface area contributed by atoms with Crippen LogP contribution in [0.25, 0.3) is 10.2 Å². The summed E-state index contributed by atoms with van der Waals surface area (Å²) >= 11 is 1.61. The maximum Gasteiger partial charge on any atom is 0.234 e. The highest BCUT2D eigenvalue weighted by Gasteiger charge is 2.08. The summed E-state index contributed by atoms with van der Waals surface area (Å²) in [5.41, 5.74) is 2.24. The Hall–Kier alpha value is -1.42. The van der Waals surface area contributed by atoms with Crippen molar-refractivity contribution in [2.45, 2.75) is 20.3 Å². The highest BCUT2D eigenvalue weighted by atomic mass is 32.1. The van der Waals surface area contributed by atoms with E-state index in [9.17, 15) is 0 Å². The summed E-state index contributed by atoms with van der Waals surface area (Å²) in [6.45, 7) is 4.14. The second-order valence-electron chi connectivity index (χ2n) is 3.77. The van der Waals surface area contributed by atoms with Gasteiger partial charge in [0.2, 0.25) is 5.88 Å². The molecule has 0 saturated carbocycles. The molecule has 0 amide bonds. The predicted octanol–water partition coefficient (Wildman–Crippen LogP) is 3.21. The molecule has 0 aliphatic carbocycles. The number of allylic oxidation sites excluding steroid dienone is 2. The number of fused-ring (bicyclic) bond motifs is 1. The van der Waals surface area contributed by atoms with E-state index in [1.807, 2.05) is 11.4 Å². The number of rotatable bonds is 3. The summed E-state index contributed by atoms with van der Waals surface area (Å²) in [4.78, 5) is 8.89. The van der Waals surface area contributed by atoms with Crippen molar-refractivity contribution in [1.29, 1.82) is 0 Å². The molecule has 0 radical (unpaired) electrons. The molecule has 0 spiro atoms. The number of methoxy groups -OCH3 is 1. The average Bonchev–Trinajstić information content (AvgIpc) is 2.73. The molecule has 2 aromatic rings. The van der Waals surface area contributed by atoms with Crippen LogP contribution in [0.1, 0.15) is 19.7 Å². The number of nitrogens with zero attached hydrogens (tertiary/aromatic N) is 2. The molecule has 4 heteroatoms. The Bertz CT molecular complexity index is 527. The lowest BCUT2D eigenvalue weighted by Gasteiger charge is -2.02. The molecule has 2 rings (SSSR count). The first-order valence-electron chi connectivity index (χ1n) is 5.12. The van der Waals surface area contributed by atoms with E-state index in [4.69, 9.17) is 4.74 Å². The first kappa shape index (κ1) is 11.1. The van der Waals surface area contributed by atoms with Gasteiger partial charge in [0.05, 0.1) is 12.6 Å². The number of hydrogen-bond acceptors (Lipinski definition) is 4. The zero-order chi connectivity index (χ0) is 11.5. The van der Waals surface area contributed by atoms with E-state index in [1.165, 1.54) is 5.57 Å². The third-order valence-corrected chi connectivity index (χ3v) is 3.10. The van der Waals surface area contributed by atoms with Crippen LogP contribution >= 0.6 is 11.3 Å². The van der Waals surface area contributed by atoms with E-state index in [-0.39, 0.29) is 0 Å². The van der Waals surface area contributed by atoms with Crippen molar-refractivity contribution >= 4 is 21.6 Å². The highest BCUT2D eigenvalue weighted by Crippen LogP contribution is 2.27. The van der Waals surface area contributed by atoms with Gasteiger partial charge in [-0.2, -0.15) is 4.98 Å². The Labute approximate surface area is 98.8 Å². The topological polar surface area (TPSA) is 35.0 Å². The molecule has 3 nitrogen and oxygen atoms in total. The van der Waals surface area contributed by atoms with Gasteiger partial charge in [0.1, 0.15) is 10.5 Å². The van der Waals surface area contributed by atoms with Crippen LogP contribution in [0.15, 0.2) is 23.1 Å². The first-order chi connectivity index (χ1) is 7.70. The second-order valence-corrected chi connectivity index (χ2v) is 4.69. The molecular formula is C12H14N2OS. The third-order valence-electron chi connectivity index (χ3n) is 2.21. The lowest BCUT2D eigenvalue weighted by Crippen LogP contribution is -1.97. The lowest BCUT2D eigenvalue weighted by atomic mass is 10.2. The summed E-state index contributed by atoms with van der Waals surface area (Å²) in [5.74, 6) is 1.49. The monoisotopic (exact) mass is 234 g/mol. The summed E-state index contributed by atoms with van der Waals surface area (Å²) in [7, 11) is 1.65. The van der Waals surface area contributed by atoms with E-state index in [0.29, 0.717) is 5.88 Å². The second kappa shape index (κ2) is 4.61. The van der Waals surface area contributed by atoms with Gasteiger partial charge in [0.15, 0.2) is 0 Å². The molecule has 0 bridgehead atoms. The fourth-order valence-corrected chi connectivity index (χ4v) is 2.20. The Morgan fingerprint density at radius 1 is 1.44 bits per heavy atom. The highest BCUT2D eigenvalue weighted by molar-refractivity contribution is 7.17. The van der Waals surface area contributed by atoms with E-state index in [2.05, 4.69) is 29.9 Å². The minimum atomic E-state index is 0.678. The number of hydrogen-bond donors (Lipinski definition) is 0. The van der Waals surface area contributed by atoms with Gasteiger partial charge < -0.3 is 4.74 Å². The van der Waals surface area contributed by atoms with Crippen LogP contribution in [0.2, 0.25) is 0 Å². The van der Waals surface area contributed by atoms with Gasteiger partial charge in [0.25, 0.3) is 0 Å². The molecule has 0 unspecified atom stereocenters. The summed E-state index contributed by atoms with van der Waals surface area (Å²) in [5, 5.41) is 2.01. The Balaban J connectivity index is 2.43. The van der Waals surface area contributed by atoms with Crippen molar-refractivity contribution in [1.82, 2.24) is 9.97 Å². The van der Waals surface area contributed by atoms with Gasteiger partial charge in [-0.05, 0) is 25.3 Å². The molecule has 2 heterocycles. The fourth-order valence-electron chi connectivity index (χ4n) is 1.41. The van der Waals surface area contributed by atoms with Crippen LogP contribution in [-0.2, 0) is 6.42 Å². The molecule has 0 saturated heterocycles. The molecule has 0 atom stereocenters. The van der Waals surface area contributed by atoms with Crippen molar-refractivity contribution in [2.24, 2.45) is 0 Å². The van der Waals surface area contributed by atoms with Crippen molar-refractivity contribution in [2.75, 3.05) is 7.11 Å². The van der Waals surface area contributed by atoms with E-state index < -0.39 is 0 Å². The number of aromatic nitrogens is 2. The van der Waals surface area contributed by atoms with Crippen molar-refractivity contribution < 1.29 is 4.74 Å².